The molecule has 7 nitrogen and oxygen atoms in total. The summed E-state index contributed by atoms with van der Waals surface area (Å²) in [4.78, 5) is 24.2. The average Bonchev–Trinajstić information content (AvgIpc) is 2.49. The number of halogens is 2. The van der Waals surface area contributed by atoms with Crippen LogP contribution in [0.2, 0.25) is 10.0 Å². The average molecular weight is 334 g/mol. The Hall–Kier alpha value is -1.41. The second kappa shape index (κ2) is 6.57. The van der Waals surface area contributed by atoms with Crippen molar-refractivity contribution in [2.75, 3.05) is 26.2 Å². The molecule has 0 saturated carbocycles. The van der Waals surface area contributed by atoms with Crippen LogP contribution in [0, 0.1) is 10.1 Å². The second-order valence-corrected chi connectivity index (χ2v) is 5.31. The molecule has 0 bridgehead atoms. The number of hydrogen-bond acceptors (Lipinski definition) is 5. The number of benzene rings is 1. The van der Waals surface area contributed by atoms with E-state index in [9.17, 15) is 14.9 Å². The van der Waals surface area contributed by atoms with Crippen LogP contribution in [0.25, 0.3) is 0 Å². The van der Waals surface area contributed by atoms with Crippen molar-refractivity contribution in [1.82, 2.24) is 4.90 Å². The van der Waals surface area contributed by atoms with Gasteiger partial charge in [0.25, 0.3) is 11.6 Å². The lowest BCUT2D eigenvalue weighted by Crippen LogP contribution is -2.48. The highest BCUT2D eigenvalue weighted by Gasteiger charge is 2.27. The van der Waals surface area contributed by atoms with Crippen molar-refractivity contribution < 1.29 is 14.5 Å². The van der Waals surface area contributed by atoms with Gasteiger partial charge in [0.2, 0.25) is 0 Å². The highest BCUT2D eigenvalue weighted by atomic mass is 35.5. The number of hydrogen-bond donors (Lipinski definition) is 1. The van der Waals surface area contributed by atoms with Crippen molar-refractivity contribution in [3.8, 4) is 0 Å². The summed E-state index contributed by atoms with van der Waals surface area (Å²) in [5.74, 6) is -0.424. The molecular weight excluding hydrogens is 321 g/mol. The van der Waals surface area contributed by atoms with Gasteiger partial charge in [-0.2, -0.15) is 0 Å². The molecule has 9 heteroatoms. The molecule has 2 rings (SSSR count). The Kier molecular flexibility index (Phi) is 5.00. The van der Waals surface area contributed by atoms with Gasteiger partial charge < -0.3 is 15.4 Å². The van der Waals surface area contributed by atoms with Gasteiger partial charge in [-0.05, 0) is 0 Å². The fourth-order valence-corrected chi connectivity index (χ4v) is 2.46. The summed E-state index contributed by atoms with van der Waals surface area (Å²) in [6, 6.07) is 2.24. The molecule has 1 atom stereocenters. The van der Waals surface area contributed by atoms with Crippen molar-refractivity contribution in [3.63, 3.8) is 0 Å². The molecule has 1 fully saturated rings. The molecule has 0 spiro atoms. The number of nitrogens with two attached hydrogens (primary N) is 1. The quantitative estimate of drug-likeness (QED) is 0.670. The van der Waals surface area contributed by atoms with E-state index in [1.165, 1.54) is 4.90 Å². The zero-order chi connectivity index (χ0) is 15.6. The number of nitro benzene ring substituents is 1. The van der Waals surface area contributed by atoms with Crippen LogP contribution in [0.4, 0.5) is 5.69 Å². The smallest absolute Gasteiger partial charge is 0.271 e. The Morgan fingerprint density at radius 2 is 2.24 bits per heavy atom. The molecule has 0 aromatic heterocycles. The van der Waals surface area contributed by atoms with E-state index in [0.29, 0.717) is 19.7 Å². The van der Waals surface area contributed by atoms with Crippen LogP contribution < -0.4 is 5.73 Å². The molecule has 1 saturated heterocycles. The fourth-order valence-electron chi connectivity index (χ4n) is 2.05. The zero-order valence-electron chi connectivity index (χ0n) is 10.9. The van der Waals surface area contributed by atoms with Gasteiger partial charge in [0.1, 0.15) is 0 Å². The van der Waals surface area contributed by atoms with Crippen LogP contribution >= 0.6 is 23.2 Å². The fraction of sp³-hybridized carbons (Fsp3) is 0.417. The Morgan fingerprint density at radius 1 is 1.52 bits per heavy atom. The third-order valence-electron chi connectivity index (χ3n) is 3.14. The van der Waals surface area contributed by atoms with Gasteiger partial charge in [0.15, 0.2) is 0 Å². The molecule has 114 valence electrons. The number of amides is 1. The van der Waals surface area contributed by atoms with Crippen LogP contribution in [-0.4, -0.2) is 48.1 Å². The summed E-state index contributed by atoms with van der Waals surface area (Å²) in [5, 5.41) is 10.8. The van der Waals surface area contributed by atoms with E-state index in [0.717, 1.165) is 12.1 Å². The van der Waals surface area contributed by atoms with Gasteiger partial charge in [0, 0.05) is 31.8 Å². The van der Waals surface area contributed by atoms with Crippen molar-refractivity contribution in [2.45, 2.75) is 6.10 Å². The third-order valence-corrected chi connectivity index (χ3v) is 3.95. The lowest BCUT2D eigenvalue weighted by atomic mass is 10.1. The van der Waals surface area contributed by atoms with E-state index in [4.69, 9.17) is 33.7 Å². The molecule has 0 aliphatic carbocycles. The molecule has 2 N–H and O–H groups in total. The lowest BCUT2D eigenvalue weighted by Gasteiger charge is -2.32. The lowest BCUT2D eigenvalue weighted by molar-refractivity contribution is -0.384. The van der Waals surface area contributed by atoms with Gasteiger partial charge in [-0.25, -0.2) is 0 Å². The van der Waals surface area contributed by atoms with E-state index < -0.39 is 10.8 Å². The maximum absolute atomic E-state index is 12.5. The first-order valence-corrected chi connectivity index (χ1v) is 6.94. The number of ether oxygens (including phenoxy) is 1. The molecule has 21 heavy (non-hydrogen) atoms. The largest absolute Gasteiger partial charge is 0.373 e. The number of carbonyl (C=O) groups excluding carboxylic acids is 1. The molecule has 0 radical (unpaired) electrons. The summed E-state index contributed by atoms with van der Waals surface area (Å²) in [5.41, 5.74) is 5.25. The number of carbonyl (C=O) groups is 1. The molecule has 1 aliphatic rings. The molecule has 1 heterocycles. The van der Waals surface area contributed by atoms with E-state index in [1.807, 2.05) is 0 Å². The van der Waals surface area contributed by atoms with Crippen molar-refractivity contribution in [3.05, 3.63) is 37.9 Å². The summed E-state index contributed by atoms with van der Waals surface area (Å²) in [6.45, 7) is 1.32. The topological polar surface area (TPSA) is 98.7 Å². The van der Waals surface area contributed by atoms with Crippen LogP contribution in [0.5, 0.6) is 0 Å². The Labute approximate surface area is 130 Å². The summed E-state index contributed by atoms with van der Waals surface area (Å²) >= 11 is 11.8. The Morgan fingerprint density at radius 3 is 2.86 bits per heavy atom. The van der Waals surface area contributed by atoms with Crippen LogP contribution in [0.15, 0.2) is 12.1 Å². The number of non-ortho nitro benzene ring substituents is 1. The summed E-state index contributed by atoms with van der Waals surface area (Å²) in [7, 11) is 0. The van der Waals surface area contributed by atoms with Gasteiger partial charge in [0.05, 0.1) is 33.2 Å². The predicted molar refractivity (Wildman–Crippen MR) is 77.8 cm³/mol. The summed E-state index contributed by atoms with van der Waals surface area (Å²) in [6.07, 6.45) is -0.254. The minimum Gasteiger partial charge on any atom is -0.373 e. The predicted octanol–water partition coefficient (Wildman–Crippen LogP) is 1.70. The molecule has 1 aliphatic heterocycles. The first-order valence-electron chi connectivity index (χ1n) is 6.18. The van der Waals surface area contributed by atoms with Gasteiger partial charge in [-0.1, -0.05) is 23.2 Å². The monoisotopic (exact) mass is 333 g/mol. The van der Waals surface area contributed by atoms with Gasteiger partial charge in [-0.3, -0.25) is 14.9 Å². The Balaban J connectivity index is 2.32. The number of morpholine rings is 1. The molecule has 1 aromatic carbocycles. The Bertz CT molecular complexity index is 582. The first kappa shape index (κ1) is 16.0. The van der Waals surface area contributed by atoms with Crippen LogP contribution in [0.1, 0.15) is 10.4 Å². The molecule has 1 aromatic rings. The van der Waals surface area contributed by atoms with E-state index in [-0.39, 0.29) is 33.9 Å². The van der Waals surface area contributed by atoms with Gasteiger partial charge >= 0.3 is 0 Å². The molecule has 1 unspecified atom stereocenters. The van der Waals surface area contributed by atoms with Crippen molar-refractivity contribution in [2.24, 2.45) is 5.73 Å². The maximum Gasteiger partial charge on any atom is 0.271 e. The number of nitro groups is 1. The second-order valence-electron chi connectivity index (χ2n) is 4.53. The van der Waals surface area contributed by atoms with Gasteiger partial charge in [-0.15, -0.1) is 0 Å². The molecule has 1 amide bonds. The van der Waals surface area contributed by atoms with Crippen LogP contribution in [-0.2, 0) is 4.74 Å². The maximum atomic E-state index is 12.5. The third kappa shape index (κ3) is 3.44. The highest BCUT2D eigenvalue weighted by Crippen LogP contribution is 2.31. The standard InChI is InChI=1S/C12H13Cl2N3O4/c13-10-4-7(17(19)20)3-9(11(10)14)12(18)16-1-2-21-8(5-15)6-16/h3-4,8H,1-2,5-6,15H2. The minimum atomic E-state index is -0.624. The first-order chi connectivity index (χ1) is 9.93. The number of nitrogens with zero attached hydrogens (tertiary/aromatic N) is 2. The minimum absolute atomic E-state index is 0.00283. The summed E-state index contributed by atoms with van der Waals surface area (Å²) < 4.78 is 5.37. The van der Waals surface area contributed by atoms with E-state index in [2.05, 4.69) is 0 Å². The highest BCUT2D eigenvalue weighted by molar-refractivity contribution is 6.44. The zero-order valence-corrected chi connectivity index (χ0v) is 12.4. The van der Waals surface area contributed by atoms with Crippen molar-refractivity contribution in [1.29, 1.82) is 0 Å². The van der Waals surface area contributed by atoms with E-state index in [1.54, 1.807) is 0 Å². The van der Waals surface area contributed by atoms with Crippen molar-refractivity contribution >= 4 is 34.8 Å². The van der Waals surface area contributed by atoms with Crippen LogP contribution in [0.3, 0.4) is 0 Å². The van der Waals surface area contributed by atoms with E-state index >= 15 is 0 Å². The normalized spacial score (nSPS) is 18.6. The number of rotatable bonds is 3. The molecular formula is C12H13Cl2N3O4. The SMILES string of the molecule is NCC1CN(C(=O)c2cc([N+](=O)[O-])cc(Cl)c2Cl)CCO1.